The normalized spacial score (nSPS) is 24.4. The van der Waals surface area contributed by atoms with Gasteiger partial charge in [0.2, 0.25) is 0 Å². The van der Waals surface area contributed by atoms with Gasteiger partial charge in [0, 0.05) is 31.4 Å². The number of aromatic nitrogens is 1. The summed E-state index contributed by atoms with van der Waals surface area (Å²) in [5.41, 5.74) is 7.06. The SMILES string of the molecule is CCn1cc(N)cc1C(=O)NC1CCN(C)C(C)C1. The van der Waals surface area contributed by atoms with Gasteiger partial charge in [-0.25, -0.2) is 0 Å². The van der Waals surface area contributed by atoms with Crippen LogP contribution in [-0.2, 0) is 6.54 Å². The van der Waals surface area contributed by atoms with Crippen LogP contribution in [0.4, 0.5) is 5.69 Å². The van der Waals surface area contributed by atoms with Gasteiger partial charge in [-0.05, 0) is 39.8 Å². The second-order valence-electron chi connectivity index (χ2n) is 5.47. The van der Waals surface area contributed by atoms with Gasteiger partial charge in [0.25, 0.3) is 5.91 Å². The number of hydrogen-bond donors (Lipinski definition) is 2. The molecule has 2 heterocycles. The Hall–Kier alpha value is -1.49. The number of nitrogens with one attached hydrogen (secondary N) is 1. The summed E-state index contributed by atoms with van der Waals surface area (Å²) >= 11 is 0. The first-order chi connectivity index (χ1) is 9.01. The van der Waals surface area contributed by atoms with Crippen LogP contribution in [0.3, 0.4) is 0 Å². The number of piperidine rings is 1. The van der Waals surface area contributed by atoms with Gasteiger partial charge >= 0.3 is 0 Å². The molecule has 5 nitrogen and oxygen atoms in total. The fourth-order valence-electron chi connectivity index (χ4n) is 2.66. The average molecular weight is 264 g/mol. The van der Waals surface area contributed by atoms with Crippen LogP contribution in [0.25, 0.3) is 0 Å². The maximum Gasteiger partial charge on any atom is 0.268 e. The molecule has 3 N–H and O–H groups in total. The second kappa shape index (κ2) is 5.65. The van der Waals surface area contributed by atoms with E-state index in [1.165, 1.54) is 0 Å². The van der Waals surface area contributed by atoms with Crippen molar-refractivity contribution in [2.24, 2.45) is 0 Å². The van der Waals surface area contributed by atoms with Crippen LogP contribution in [0.15, 0.2) is 12.3 Å². The Balaban J connectivity index is 2.01. The monoisotopic (exact) mass is 264 g/mol. The maximum atomic E-state index is 12.3. The topological polar surface area (TPSA) is 63.3 Å². The van der Waals surface area contributed by atoms with Gasteiger partial charge in [0.1, 0.15) is 5.69 Å². The first-order valence-corrected chi connectivity index (χ1v) is 6.98. The fraction of sp³-hybridized carbons (Fsp3) is 0.643. The fourth-order valence-corrected chi connectivity index (χ4v) is 2.66. The van der Waals surface area contributed by atoms with Crippen molar-refractivity contribution in [2.45, 2.75) is 45.3 Å². The zero-order valence-corrected chi connectivity index (χ0v) is 12.0. The van der Waals surface area contributed by atoms with Crippen molar-refractivity contribution < 1.29 is 4.79 Å². The number of aryl methyl sites for hydroxylation is 1. The van der Waals surface area contributed by atoms with Gasteiger partial charge in [0.05, 0.1) is 5.69 Å². The number of carbonyl (C=O) groups excluding carboxylic acids is 1. The maximum absolute atomic E-state index is 12.3. The molecular formula is C14H24N4O. The molecule has 106 valence electrons. The molecule has 0 aliphatic carbocycles. The van der Waals surface area contributed by atoms with E-state index in [4.69, 9.17) is 5.73 Å². The lowest BCUT2D eigenvalue weighted by Crippen LogP contribution is -2.47. The number of likely N-dealkylation sites (tertiary alicyclic amines) is 1. The van der Waals surface area contributed by atoms with E-state index in [0.29, 0.717) is 17.4 Å². The number of amides is 1. The molecule has 0 saturated carbocycles. The first-order valence-electron chi connectivity index (χ1n) is 6.98. The Bertz CT molecular complexity index is 454. The highest BCUT2D eigenvalue weighted by molar-refractivity contribution is 5.94. The predicted molar refractivity (Wildman–Crippen MR) is 77.1 cm³/mol. The van der Waals surface area contributed by atoms with Gasteiger partial charge in [-0.15, -0.1) is 0 Å². The highest BCUT2D eigenvalue weighted by Gasteiger charge is 2.25. The summed E-state index contributed by atoms with van der Waals surface area (Å²) in [6.45, 7) is 5.99. The van der Waals surface area contributed by atoms with E-state index in [9.17, 15) is 4.79 Å². The van der Waals surface area contributed by atoms with E-state index in [1.807, 2.05) is 17.7 Å². The minimum absolute atomic E-state index is 0.0136. The number of anilines is 1. The molecule has 1 saturated heterocycles. The predicted octanol–water partition coefficient (Wildman–Crippen LogP) is 1.30. The molecule has 1 aliphatic heterocycles. The van der Waals surface area contributed by atoms with E-state index in [0.717, 1.165) is 25.9 Å². The quantitative estimate of drug-likeness (QED) is 0.865. The number of carbonyl (C=O) groups is 1. The highest BCUT2D eigenvalue weighted by Crippen LogP contribution is 2.17. The number of hydrogen-bond acceptors (Lipinski definition) is 3. The first kappa shape index (κ1) is 13.9. The lowest BCUT2D eigenvalue weighted by atomic mass is 9.99. The highest BCUT2D eigenvalue weighted by atomic mass is 16.2. The van der Waals surface area contributed by atoms with Crippen molar-refractivity contribution in [2.75, 3.05) is 19.3 Å². The van der Waals surface area contributed by atoms with Crippen molar-refractivity contribution in [1.29, 1.82) is 0 Å². The van der Waals surface area contributed by atoms with Crippen molar-refractivity contribution in [1.82, 2.24) is 14.8 Å². The minimum atomic E-state index is -0.0136. The summed E-state index contributed by atoms with van der Waals surface area (Å²) in [4.78, 5) is 14.6. The van der Waals surface area contributed by atoms with E-state index in [-0.39, 0.29) is 11.9 Å². The molecule has 1 amide bonds. The molecule has 1 aromatic rings. The van der Waals surface area contributed by atoms with Crippen molar-refractivity contribution in [3.8, 4) is 0 Å². The zero-order valence-electron chi connectivity index (χ0n) is 12.0. The molecular weight excluding hydrogens is 240 g/mol. The molecule has 2 unspecified atom stereocenters. The standard InChI is InChI=1S/C14H24N4O/c1-4-18-9-11(15)8-13(18)14(19)16-12-5-6-17(3)10(2)7-12/h8-10,12H,4-7,15H2,1-3H3,(H,16,19). The largest absolute Gasteiger partial charge is 0.397 e. The number of rotatable bonds is 3. The molecule has 1 aromatic heterocycles. The van der Waals surface area contributed by atoms with Crippen LogP contribution in [0, 0.1) is 0 Å². The lowest BCUT2D eigenvalue weighted by Gasteiger charge is -2.35. The van der Waals surface area contributed by atoms with Crippen LogP contribution in [0.2, 0.25) is 0 Å². The van der Waals surface area contributed by atoms with Crippen LogP contribution >= 0.6 is 0 Å². The molecule has 0 radical (unpaired) electrons. The minimum Gasteiger partial charge on any atom is -0.397 e. The van der Waals surface area contributed by atoms with Crippen molar-refractivity contribution in [3.05, 3.63) is 18.0 Å². The van der Waals surface area contributed by atoms with Gasteiger partial charge < -0.3 is 20.5 Å². The molecule has 1 fully saturated rings. The third kappa shape index (κ3) is 3.10. The Labute approximate surface area is 114 Å². The Morgan fingerprint density at radius 1 is 1.58 bits per heavy atom. The number of nitrogen functional groups attached to an aromatic ring is 1. The van der Waals surface area contributed by atoms with Crippen molar-refractivity contribution in [3.63, 3.8) is 0 Å². The molecule has 5 heteroatoms. The molecule has 2 rings (SSSR count). The van der Waals surface area contributed by atoms with Crippen LogP contribution in [-0.4, -0.2) is 41.1 Å². The van der Waals surface area contributed by atoms with Crippen LogP contribution in [0.1, 0.15) is 37.2 Å². The third-order valence-corrected chi connectivity index (χ3v) is 4.03. The second-order valence-corrected chi connectivity index (χ2v) is 5.47. The summed E-state index contributed by atoms with van der Waals surface area (Å²) < 4.78 is 1.89. The molecule has 0 aromatic carbocycles. The summed E-state index contributed by atoms with van der Waals surface area (Å²) in [6.07, 6.45) is 3.83. The third-order valence-electron chi connectivity index (χ3n) is 4.03. The van der Waals surface area contributed by atoms with E-state index < -0.39 is 0 Å². The zero-order chi connectivity index (χ0) is 14.0. The Morgan fingerprint density at radius 3 is 2.95 bits per heavy atom. The molecule has 0 bridgehead atoms. The number of nitrogens with two attached hydrogens (primary N) is 1. The Kier molecular flexibility index (Phi) is 4.14. The average Bonchev–Trinajstić information content (AvgIpc) is 2.75. The van der Waals surface area contributed by atoms with Gasteiger partial charge in [0.15, 0.2) is 0 Å². The molecule has 19 heavy (non-hydrogen) atoms. The van der Waals surface area contributed by atoms with E-state index in [1.54, 1.807) is 6.07 Å². The van der Waals surface area contributed by atoms with Gasteiger partial charge in [-0.2, -0.15) is 0 Å². The van der Waals surface area contributed by atoms with Crippen LogP contribution in [0.5, 0.6) is 0 Å². The summed E-state index contributed by atoms with van der Waals surface area (Å²) in [5.74, 6) is -0.0136. The smallest absolute Gasteiger partial charge is 0.268 e. The van der Waals surface area contributed by atoms with Crippen molar-refractivity contribution >= 4 is 11.6 Å². The Morgan fingerprint density at radius 2 is 2.32 bits per heavy atom. The summed E-state index contributed by atoms with van der Waals surface area (Å²) in [5, 5.41) is 3.13. The molecule has 0 spiro atoms. The molecule has 2 atom stereocenters. The van der Waals surface area contributed by atoms with E-state index in [2.05, 4.69) is 24.2 Å². The summed E-state index contributed by atoms with van der Waals surface area (Å²) in [7, 11) is 2.13. The van der Waals surface area contributed by atoms with Crippen LogP contribution < -0.4 is 11.1 Å². The summed E-state index contributed by atoms with van der Waals surface area (Å²) in [6, 6.07) is 2.53. The van der Waals surface area contributed by atoms with E-state index >= 15 is 0 Å². The lowest BCUT2D eigenvalue weighted by molar-refractivity contribution is 0.0887. The van der Waals surface area contributed by atoms with Gasteiger partial charge in [-0.3, -0.25) is 4.79 Å². The van der Waals surface area contributed by atoms with Gasteiger partial charge in [-0.1, -0.05) is 0 Å². The number of nitrogens with zero attached hydrogens (tertiary/aromatic N) is 2. The molecule has 1 aliphatic rings.